The summed E-state index contributed by atoms with van der Waals surface area (Å²) < 4.78 is 0. The zero-order chi connectivity index (χ0) is 11.7. The fraction of sp³-hybridized carbons (Fsp3) is 0.364. The van der Waals surface area contributed by atoms with Crippen LogP contribution in [0.15, 0.2) is 23.1 Å². The normalized spacial score (nSPS) is 20.6. The molecular formula is C11H11BrClNOS. The molecule has 5 heteroatoms. The van der Waals surface area contributed by atoms with Crippen LogP contribution in [0.1, 0.15) is 6.42 Å². The first kappa shape index (κ1) is 12.3. The van der Waals surface area contributed by atoms with Crippen LogP contribution < -0.4 is 4.90 Å². The summed E-state index contributed by atoms with van der Waals surface area (Å²) in [6, 6.07) is 5.38. The number of carbonyl (C=O) groups is 1. The number of hydrogen-bond acceptors (Lipinski definition) is 2. The van der Waals surface area contributed by atoms with Crippen molar-refractivity contribution in [1.82, 2.24) is 0 Å². The van der Waals surface area contributed by atoms with Crippen LogP contribution in [0.2, 0.25) is 5.02 Å². The van der Waals surface area contributed by atoms with Crippen LogP contribution in [-0.2, 0) is 4.79 Å². The van der Waals surface area contributed by atoms with Gasteiger partial charge in [0.25, 0.3) is 0 Å². The minimum atomic E-state index is 0.141. The maximum absolute atomic E-state index is 11.8. The minimum Gasteiger partial charge on any atom is -0.311 e. The summed E-state index contributed by atoms with van der Waals surface area (Å²) in [6.45, 7) is 0.734. The van der Waals surface area contributed by atoms with Crippen LogP contribution in [-0.4, -0.2) is 17.8 Å². The Balaban J connectivity index is 2.30. The average molecular weight is 321 g/mol. The van der Waals surface area contributed by atoms with Gasteiger partial charge in [0.2, 0.25) is 5.91 Å². The highest BCUT2D eigenvalue weighted by atomic mass is 79.9. The second-order valence-corrected chi connectivity index (χ2v) is 5.43. The average Bonchev–Trinajstić information content (AvgIpc) is 2.63. The number of benzene rings is 1. The lowest BCUT2D eigenvalue weighted by atomic mass is 10.2. The van der Waals surface area contributed by atoms with Gasteiger partial charge in [0.05, 0.1) is 5.69 Å². The third-order valence-electron chi connectivity index (χ3n) is 2.65. The molecule has 1 fully saturated rings. The van der Waals surface area contributed by atoms with Crippen LogP contribution in [0, 0.1) is 5.92 Å². The number of nitrogens with zero attached hydrogens (tertiary/aromatic N) is 1. The molecule has 16 heavy (non-hydrogen) atoms. The van der Waals surface area contributed by atoms with E-state index in [0.717, 1.165) is 22.5 Å². The molecule has 1 aromatic rings. The van der Waals surface area contributed by atoms with Crippen LogP contribution >= 0.6 is 40.2 Å². The molecule has 1 unspecified atom stereocenters. The third-order valence-corrected chi connectivity index (χ3v) is 4.18. The van der Waals surface area contributed by atoms with Crippen molar-refractivity contribution in [3.63, 3.8) is 0 Å². The van der Waals surface area contributed by atoms with Gasteiger partial charge in [0, 0.05) is 28.2 Å². The molecule has 0 N–H and O–H groups in total. The van der Waals surface area contributed by atoms with Gasteiger partial charge in [-0.15, -0.1) is 12.6 Å². The number of rotatable bonds is 2. The summed E-state index contributed by atoms with van der Waals surface area (Å²) in [5.41, 5.74) is 0.810. The van der Waals surface area contributed by atoms with E-state index in [0.29, 0.717) is 17.4 Å². The highest BCUT2D eigenvalue weighted by molar-refractivity contribution is 9.09. The SMILES string of the molecule is O=C1CC(CBr)CN1c1cc(Cl)ccc1S. The molecule has 1 saturated heterocycles. The van der Waals surface area contributed by atoms with Crippen molar-refractivity contribution in [2.45, 2.75) is 11.3 Å². The molecular weight excluding hydrogens is 310 g/mol. The van der Waals surface area contributed by atoms with Gasteiger partial charge in [-0.05, 0) is 24.1 Å². The molecule has 1 heterocycles. The lowest BCUT2D eigenvalue weighted by molar-refractivity contribution is -0.117. The predicted octanol–water partition coefficient (Wildman–Crippen LogP) is 3.38. The van der Waals surface area contributed by atoms with Crippen LogP contribution in [0.3, 0.4) is 0 Å². The number of alkyl halides is 1. The zero-order valence-corrected chi connectivity index (χ0v) is 11.7. The molecule has 1 atom stereocenters. The Morgan fingerprint density at radius 1 is 1.56 bits per heavy atom. The molecule has 0 radical (unpaired) electrons. The van der Waals surface area contributed by atoms with E-state index in [4.69, 9.17) is 11.6 Å². The van der Waals surface area contributed by atoms with Gasteiger partial charge >= 0.3 is 0 Å². The quantitative estimate of drug-likeness (QED) is 0.654. The molecule has 0 aromatic heterocycles. The van der Waals surface area contributed by atoms with Crippen molar-refractivity contribution in [3.05, 3.63) is 23.2 Å². The number of anilines is 1. The van der Waals surface area contributed by atoms with Crippen molar-refractivity contribution in [2.75, 3.05) is 16.8 Å². The lowest BCUT2D eigenvalue weighted by Crippen LogP contribution is -2.25. The van der Waals surface area contributed by atoms with E-state index in [2.05, 4.69) is 28.6 Å². The summed E-state index contributed by atoms with van der Waals surface area (Å²) in [6.07, 6.45) is 0.588. The Bertz CT molecular complexity index is 426. The van der Waals surface area contributed by atoms with Crippen LogP contribution in [0.4, 0.5) is 5.69 Å². The molecule has 0 bridgehead atoms. The summed E-state index contributed by atoms with van der Waals surface area (Å²) in [5, 5.41) is 1.47. The van der Waals surface area contributed by atoms with Crippen LogP contribution in [0.5, 0.6) is 0 Å². The van der Waals surface area contributed by atoms with E-state index in [-0.39, 0.29) is 5.91 Å². The molecule has 1 aliphatic heterocycles. The Morgan fingerprint density at radius 2 is 2.31 bits per heavy atom. The molecule has 1 aliphatic rings. The summed E-state index contributed by atoms with van der Waals surface area (Å²) in [4.78, 5) is 14.4. The maximum atomic E-state index is 11.8. The number of amides is 1. The largest absolute Gasteiger partial charge is 0.311 e. The number of carbonyl (C=O) groups excluding carboxylic acids is 1. The predicted molar refractivity (Wildman–Crippen MR) is 73.0 cm³/mol. The van der Waals surface area contributed by atoms with Gasteiger partial charge in [-0.25, -0.2) is 0 Å². The Labute approximate surface area is 113 Å². The Hall–Kier alpha value is -0.190. The summed E-state index contributed by atoms with van der Waals surface area (Å²) in [7, 11) is 0. The van der Waals surface area contributed by atoms with Crippen LogP contribution in [0.25, 0.3) is 0 Å². The van der Waals surface area contributed by atoms with Crippen molar-refractivity contribution in [3.8, 4) is 0 Å². The maximum Gasteiger partial charge on any atom is 0.227 e. The van der Waals surface area contributed by atoms with Crippen molar-refractivity contribution >= 4 is 51.8 Å². The number of thiol groups is 1. The van der Waals surface area contributed by atoms with Crippen molar-refractivity contribution in [1.29, 1.82) is 0 Å². The second kappa shape index (κ2) is 4.98. The molecule has 86 valence electrons. The topological polar surface area (TPSA) is 20.3 Å². The lowest BCUT2D eigenvalue weighted by Gasteiger charge is -2.18. The first-order valence-corrected chi connectivity index (χ1v) is 6.91. The highest BCUT2D eigenvalue weighted by Gasteiger charge is 2.30. The van der Waals surface area contributed by atoms with E-state index in [9.17, 15) is 4.79 Å². The van der Waals surface area contributed by atoms with E-state index < -0.39 is 0 Å². The number of halogens is 2. The van der Waals surface area contributed by atoms with E-state index >= 15 is 0 Å². The molecule has 1 aromatic carbocycles. The molecule has 1 amide bonds. The fourth-order valence-electron chi connectivity index (χ4n) is 1.83. The first-order chi connectivity index (χ1) is 7.61. The third kappa shape index (κ3) is 2.39. The van der Waals surface area contributed by atoms with Gasteiger partial charge in [0.1, 0.15) is 0 Å². The van der Waals surface area contributed by atoms with E-state index in [1.165, 1.54) is 0 Å². The monoisotopic (exact) mass is 319 g/mol. The fourth-order valence-corrected chi connectivity index (χ4v) is 2.69. The van der Waals surface area contributed by atoms with Gasteiger partial charge in [-0.2, -0.15) is 0 Å². The molecule has 0 aliphatic carbocycles. The highest BCUT2D eigenvalue weighted by Crippen LogP contribution is 2.32. The van der Waals surface area contributed by atoms with Gasteiger partial charge in [0.15, 0.2) is 0 Å². The smallest absolute Gasteiger partial charge is 0.227 e. The Kier molecular flexibility index (Phi) is 3.82. The van der Waals surface area contributed by atoms with Gasteiger partial charge in [-0.3, -0.25) is 4.79 Å². The van der Waals surface area contributed by atoms with Crippen molar-refractivity contribution in [2.24, 2.45) is 5.92 Å². The minimum absolute atomic E-state index is 0.141. The molecule has 2 rings (SSSR count). The first-order valence-electron chi connectivity index (χ1n) is 4.96. The summed E-state index contributed by atoms with van der Waals surface area (Å²) in [5.74, 6) is 0.515. The van der Waals surface area contributed by atoms with Crippen molar-refractivity contribution < 1.29 is 4.79 Å². The number of hydrogen-bond donors (Lipinski definition) is 1. The molecule has 0 spiro atoms. The second-order valence-electron chi connectivity index (χ2n) is 3.86. The zero-order valence-electron chi connectivity index (χ0n) is 8.49. The summed E-state index contributed by atoms with van der Waals surface area (Å²) >= 11 is 13.7. The van der Waals surface area contributed by atoms with E-state index in [1.54, 1.807) is 17.0 Å². The molecule has 2 nitrogen and oxygen atoms in total. The van der Waals surface area contributed by atoms with Gasteiger partial charge in [-0.1, -0.05) is 27.5 Å². The molecule has 0 saturated carbocycles. The van der Waals surface area contributed by atoms with E-state index in [1.807, 2.05) is 6.07 Å². The van der Waals surface area contributed by atoms with Gasteiger partial charge < -0.3 is 4.90 Å². The standard InChI is InChI=1S/C11H11BrClNOS/c12-5-7-3-11(15)14(6-7)9-4-8(13)1-2-10(9)16/h1-2,4,7,16H,3,5-6H2. The Morgan fingerprint density at radius 3 is 2.94 bits per heavy atom.